The number of benzene rings is 1. The van der Waals surface area contributed by atoms with Crippen LogP contribution in [0.3, 0.4) is 0 Å². The first-order valence-electron chi connectivity index (χ1n) is 7.03. The molecule has 0 bridgehead atoms. The summed E-state index contributed by atoms with van der Waals surface area (Å²) in [5.41, 5.74) is 1.87. The summed E-state index contributed by atoms with van der Waals surface area (Å²) in [5.74, 6) is 0.653. The summed E-state index contributed by atoms with van der Waals surface area (Å²) in [5, 5.41) is 12.4. The summed E-state index contributed by atoms with van der Waals surface area (Å²) in [4.78, 5) is 6.48. The van der Waals surface area contributed by atoms with E-state index in [1.807, 2.05) is 6.07 Å². The van der Waals surface area contributed by atoms with Gasteiger partial charge in [0.2, 0.25) is 0 Å². The van der Waals surface area contributed by atoms with Crippen LogP contribution >= 0.6 is 0 Å². The number of hydrogen-bond acceptors (Lipinski definition) is 4. The van der Waals surface area contributed by atoms with Crippen molar-refractivity contribution in [2.45, 2.75) is 19.5 Å². The van der Waals surface area contributed by atoms with Gasteiger partial charge in [0.25, 0.3) is 0 Å². The molecule has 4 nitrogen and oxygen atoms in total. The molecule has 1 heterocycles. The van der Waals surface area contributed by atoms with Crippen LogP contribution in [0.25, 0.3) is 0 Å². The van der Waals surface area contributed by atoms with Crippen LogP contribution in [-0.4, -0.2) is 29.5 Å². The summed E-state index contributed by atoms with van der Waals surface area (Å²) in [6.07, 6.45) is 1.70. The Morgan fingerprint density at radius 1 is 1.24 bits per heavy atom. The number of pyridine rings is 1. The van der Waals surface area contributed by atoms with Gasteiger partial charge in [-0.05, 0) is 31.7 Å². The molecule has 1 atom stereocenters. The van der Waals surface area contributed by atoms with Gasteiger partial charge in [-0.2, -0.15) is 5.26 Å². The maximum absolute atomic E-state index is 9.07. The van der Waals surface area contributed by atoms with Gasteiger partial charge >= 0.3 is 0 Å². The molecule has 0 aliphatic carbocycles. The zero-order valence-corrected chi connectivity index (χ0v) is 12.5. The van der Waals surface area contributed by atoms with Crippen molar-refractivity contribution in [1.29, 1.82) is 5.26 Å². The van der Waals surface area contributed by atoms with Crippen LogP contribution in [-0.2, 0) is 6.54 Å². The molecule has 0 fully saturated rings. The predicted molar refractivity (Wildman–Crippen MR) is 84.8 cm³/mol. The molecule has 4 heteroatoms. The molecule has 0 aliphatic heterocycles. The first kappa shape index (κ1) is 15.0. The highest BCUT2D eigenvalue weighted by molar-refractivity contribution is 5.51. The van der Waals surface area contributed by atoms with Crippen molar-refractivity contribution in [3.05, 3.63) is 59.8 Å². The molecular formula is C17H20N4. The lowest BCUT2D eigenvalue weighted by molar-refractivity contribution is 0.316. The van der Waals surface area contributed by atoms with Crippen molar-refractivity contribution >= 4 is 5.82 Å². The van der Waals surface area contributed by atoms with Gasteiger partial charge in [-0.25, -0.2) is 4.98 Å². The highest BCUT2D eigenvalue weighted by atomic mass is 15.1. The SMILES string of the molecule is CC(CN(C)Cc1ccccc1)Nc1ncccc1C#N. The average Bonchev–Trinajstić information content (AvgIpc) is 2.48. The van der Waals surface area contributed by atoms with Gasteiger partial charge in [0.1, 0.15) is 11.9 Å². The van der Waals surface area contributed by atoms with Crippen molar-refractivity contribution < 1.29 is 0 Å². The molecule has 108 valence electrons. The molecule has 0 spiro atoms. The molecule has 1 aromatic heterocycles. The van der Waals surface area contributed by atoms with Gasteiger partial charge in [-0.1, -0.05) is 30.3 Å². The number of likely N-dealkylation sites (N-methyl/N-ethyl adjacent to an activating group) is 1. The Balaban J connectivity index is 1.89. The second-order valence-electron chi connectivity index (χ2n) is 5.24. The van der Waals surface area contributed by atoms with Crippen LogP contribution in [0.4, 0.5) is 5.82 Å². The highest BCUT2D eigenvalue weighted by Gasteiger charge is 2.09. The van der Waals surface area contributed by atoms with Crippen LogP contribution < -0.4 is 5.32 Å². The molecule has 2 rings (SSSR count). The van der Waals surface area contributed by atoms with E-state index in [9.17, 15) is 0 Å². The monoisotopic (exact) mass is 280 g/mol. The van der Waals surface area contributed by atoms with Crippen molar-refractivity contribution in [3.8, 4) is 6.07 Å². The van der Waals surface area contributed by atoms with E-state index in [1.165, 1.54) is 5.56 Å². The van der Waals surface area contributed by atoms with E-state index in [1.54, 1.807) is 18.3 Å². The second-order valence-corrected chi connectivity index (χ2v) is 5.24. The van der Waals surface area contributed by atoms with Crippen molar-refractivity contribution in [2.75, 3.05) is 18.9 Å². The average molecular weight is 280 g/mol. The number of hydrogen-bond donors (Lipinski definition) is 1. The summed E-state index contributed by atoms with van der Waals surface area (Å²) in [6, 6.07) is 16.3. The summed E-state index contributed by atoms with van der Waals surface area (Å²) in [7, 11) is 2.09. The molecule has 2 aromatic rings. The molecule has 21 heavy (non-hydrogen) atoms. The van der Waals surface area contributed by atoms with Crippen molar-refractivity contribution in [2.24, 2.45) is 0 Å². The Morgan fingerprint density at radius 2 is 2.00 bits per heavy atom. The molecule has 0 saturated carbocycles. The van der Waals surface area contributed by atoms with Gasteiger partial charge in [-0.15, -0.1) is 0 Å². The quantitative estimate of drug-likeness (QED) is 0.884. The third-order valence-electron chi connectivity index (χ3n) is 3.19. The third kappa shape index (κ3) is 4.59. The third-order valence-corrected chi connectivity index (χ3v) is 3.19. The Bertz CT molecular complexity index is 604. The Hall–Kier alpha value is -2.38. The maximum atomic E-state index is 9.07. The second kappa shape index (κ2) is 7.41. The van der Waals surface area contributed by atoms with Crippen molar-refractivity contribution in [1.82, 2.24) is 9.88 Å². The fourth-order valence-corrected chi connectivity index (χ4v) is 2.32. The Labute approximate surface area is 126 Å². The van der Waals surface area contributed by atoms with Gasteiger partial charge in [0.05, 0.1) is 5.56 Å². The molecule has 0 aliphatic rings. The first-order valence-corrected chi connectivity index (χ1v) is 7.03. The number of nitrogens with one attached hydrogen (secondary N) is 1. The van der Waals surface area contributed by atoms with Gasteiger partial charge < -0.3 is 10.2 Å². The van der Waals surface area contributed by atoms with Crippen LogP contribution in [0.5, 0.6) is 0 Å². The maximum Gasteiger partial charge on any atom is 0.144 e. The van der Waals surface area contributed by atoms with E-state index < -0.39 is 0 Å². The van der Waals surface area contributed by atoms with Gasteiger partial charge in [0, 0.05) is 25.3 Å². The van der Waals surface area contributed by atoms with Crippen LogP contribution in [0, 0.1) is 11.3 Å². The highest BCUT2D eigenvalue weighted by Crippen LogP contribution is 2.11. The molecule has 1 N–H and O–H groups in total. The van der Waals surface area contributed by atoms with E-state index in [4.69, 9.17) is 5.26 Å². The molecule has 1 unspecified atom stereocenters. The summed E-state index contributed by atoms with van der Waals surface area (Å²) < 4.78 is 0. The fraction of sp³-hybridized carbons (Fsp3) is 0.294. The van der Waals surface area contributed by atoms with E-state index >= 15 is 0 Å². The lowest BCUT2D eigenvalue weighted by atomic mass is 10.2. The van der Waals surface area contributed by atoms with Gasteiger partial charge in [0.15, 0.2) is 0 Å². The van der Waals surface area contributed by atoms with E-state index in [2.05, 4.69) is 59.5 Å². The van der Waals surface area contributed by atoms with Crippen LogP contribution in [0.15, 0.2) is 48.7 Å². The number of rotatable bonds is 6. The first-order chi connectivity index (χ1) is 10.2. The topological polar surface area (TPSA) is 52.0 Å². The number of anilines is 1. The zero-order valence-electron chi connectivity index (χ0n) is 12.5. The molecule has 0 radical (unpaired) electrons. The van der Waals surface area contributed by atoms with Gasteiger partial charge in [-0.3, -0.25) is 0 Å². The van der Waals surface area contributed by atoms with Crippen LogP contribution in [0.1, 0.15) is 18.1 Å². The molecule has 1 aromatic carbocycles. The minimum absolute atomic E-state index is 0.209. The largest absolute Gasteiger partial charge is 0.365 e. The van der Waals surface area contributed by atoms with Crippen LogP contribution in [0.2, 0.25) is 0 Å². The minimum Gasteiger partial charge on any atom is -0.365 e. The standard InChI is InChI=1S/C17H20N4/c1-14(20-17-16(11-18)9-6-10-19-17)12-21(2)13-15-7-4-3-5-8-15/h3-10,14H,12-13H2,1-2H3,(H,19,20). The summed E-state index contributed by atoms with van der Waals surface area (Å²) >= 11 is 0. The zero-order chi connectivity index (χ0) is 15.1. The molecule has 0 saturated heterocycles. The normalized spacial score (nSPS) is 11.9. The lowest BCUT2D eigenvalue weighted by Crippen LogP contribution is -2.32. The summed E-state index contributed by atoms with van der Waals surface area (Å²) in [6.45, 7) is 3.87. The predicted octanol–water partition coefficient (Wildman–Crippen LogP) is 2.89. The Kier molecular flexibility index (Phi) is 5.30. The Morgan fingerprint density at radius 3 is 2.71 bits per heavy atom. The molecular weight excluding hydrogens is 260 g/mol. The minimum atomic E-state index is 0.209. The number of nitrogens with zero attached hydrogens (tertiary/aromatic N) is 3. The number of nitriles is 1. The number of aromatic nitrogens is 1. The van der Waals surface area contributed by atoms with E-state index in [0.717, 1.165) is 13.1 Å². The van der Waals surface area contributed by atoms with E-state index in [-0.39, 0.29) is 6.04 Å². The van der Waals surface area contributed by atoms with E-state index in [0.29, 0.717) is 11.4 Å². The van der Waals surface area contributed by atoms with Crippen molar-refractivity contribution in [3.63, 3.8) is 0 Å². The lowest BCUT2D eigenvalue weighted by Gasteiger charge is -2.23. The fourth-order valence-electron chi connectivity index (χ4n) is 2.32. The molecule has 0 amide bonds. The smallest absolute Gasteiger partial charge is 0.144 e.